The van der Waals surface area contributed by atoms with E-state index < -0.39 is 53.8 Å². The maximum atomic E-state index is 13.4. The van der Waals surface area contributed by atoms with Gasteiger partial charge in [0.15, 0.2) is 5.96 Å². The van der Waals surface area contributed by atoms with Crippen LogP contribution < -0.4 is 33.2 Å². The summed E-state index contributed by atoms with van der Waals surface area (Å²) in [6, 6.07) is -5.02. The number of aliphatic imine (C=N–C) groups is 1. The summed E-state index contributed by atoms with van der Waals surface area (Å²) in [6.45, 7) is 0.153. The van der Waals surface area contributed by atoms with Crippen molar-refractivity contribution >= 4 is 35.6 Å². The van der Waals surface area contributed by atoms with Crippen LogP contribution in [0.25, 0.3) is 0 Å². The molecule has 0 aliphatic heterocycles. The van der Waals surface area contributed by atoms with Gasteiger partial charge in [0, 0.05) is 49.6 Å². The minimum absolute atomic E-state index is 0.00924. The number of carboxylic acid groups (broad SMARTS) is 2. The summed E-state index contributed by atoms with van der Waals surface area (Å²) >= 11 is 0. The molecule has 0 spiro atoms. The molecule has 18 heteroatoms. The van der Waals surface area contributed by atoms with Gasteiger partial charge in [-0.05, 0) is 19.3 Å². The Balaban J connectivity index is 2.19. The molecule has 4 unspecified atom stereocenters. The number of hydrogen-bond donors (Lipinski definition) is 10. The Morgan fingerprint density at radius 3 is 1.78 bits per heavy atom. The average Bonchev–Trinajstić information content (AvgIpc) is 3.62. The summed E-state index contributed by atoms with van der Waals surface area (Å²) in [5.41, 5.74) is 17.3. The third kappa shape index (κ3) is 11.7. The molecule has 3 amide bonds. The number of carbonyl (C=O) groups excluding carboxylic acids is 3. The zero-order valence-electron chi connectivity index (χ0n) is 22.1. The number of nitrogens with zero attached hydrogens (tertiary/aromatic N) is 3. The van der Waals surface area contributed by atoms with Gasteiger partial charge < -0.3 is 53.3 Å². The average molecular weight is 578 g/mol. The molecule has 0 radical (unpaired) electrons. The fourth-order valence-electron chi connectivity index (χ4n) is 3.65. The minimum Gasteiger partial charge on any atom is -0.481 e. The number of guanidine groups is 1. The molecule has 0 saturated carbocycles. The van der Waals surface area contributed by atoms with Crippen LogP contribution in [0.4, 0.5) is 0 Å². The number of carboxylic acids is 2. The van der Waals surface area contributed by atoms with E-state index in [0.717, 1.165) is 0 Å². The summed E-state index contributed by atoms with van der Waals surface area (Å²) < 4.78 is 0. The first kappa shape index (κ1) is 32.2. The van der Waals surface area contributed by atoms with E-state index in [0.29, 0.717) is 11.4 Å². The molecule has 2 heterocycles. The number of imidazole rings is 2. The second-order valence-corrected chi connectivity index (χ2v) is 9.07. The molecule has 0 bridgehead atoms. The molecule has 41 heavy (non-hydrogen) atoms. The van der Waals surface area contributed by atoms with E-state index in [1.165, 1.54) is 25.0 Å². The topological polar surface area (TPSA) is 310 Å². The van der Waals surface area contributed by atoms with Crippen LogP contribution in [0.2, 0.25) is 0 Å². The second kappa shape index (κ2) is 16.2. The molecule has 0 aliphatic carbocycles. The van der Waals surface area contributed by atoms with Crippen molar-refractivity contribution in [3.63, 3.8) is 0 Å². The Hall–Kier alpha value is -5.00. The first-order chi connectivity index (χ1) is 19.5. The van der Waals surface area contributed by atoms with E-state index in [4.69, 9.17) is 22.3 Å². The zero-order chi connectivity index (χ0) is 30.4. The Kier molecular flexibility index (Phi) is 12.7. The molecular weight excluding hydrogens is 542 g/mol. The molecule has 2 aromatic rings. The number of aromatic amines is 2. The number of carbonyl (C=O) groups is 5. The standard InChI is InChI=1S/C23H35N11O7/c24-14(3-4-18(35)36)19(37)33-16(6-12-8-27-10-30-12)21(39)34-17(7-13-9-28-11-31-13)20(38)32-15(22(40)41)2-1-5-29-23(25)26/h8-11,14-17H,1-7,24H2,(H,27,30)(H,28,31)(H,32,38)(H,33,37)(H,34,39)(H,35,36)(H,40,41)(H4,25,26,29). The maximum absolute atomic E-state index is 13.4. The van der Waals surface area contributed by atoms with Gasteiger partial charge in [-0.25, -0.2) is 14.8 Å². The molecule has 2 aromatic heterocycles. The predicted molar refractivity (Wildman–Crippen MR) is 143 cm³/mol. The lowest BCUT2D eigenvalue weighted by Gasteiger charge is -2.25. The highest BCUT2D eigenvalue weighted by atomic mass is 16.4. The summed E-state index contributed by atoms with van der Waals surface area (Å²) in [7, 11) is 0. The van der Waals surface area contributed by atoms with Gasteiger partial charge in [-0.1, -0.05) is 0 Å². The van der Waals surface area contributed by atoms with E-state index >= 15 is 0 Å². The summed E-state index contributed by atoms with van der Waals surface area (Å²) in [4.78, 5) is 79.0. The third-order valence-electron chi connectivity index (χ3n) is 5.79. The number of aliphatic carboxylic acids is 2. The maximum Gasteiger partial charge on any atom is 0.326 e. The van der Waals surface area contributed by atoms with Gasteiger partial charge in [0.25, 0.3) is 0 Å². The van der Waals surface area contributed by atoms with Gasteiger partial charge in [0.05, 0.1) is 18.7 Å². The number of nitrogens with two attached hydrogens (primary N) is 3. The molecule has 4 atom stereocenters. The molecule has 0 aliphatic rings. The third-order valence-corrected chi connectivity index (χ3v) is 5.79. The minimum atomic E-state index is -1.30. The van der Waals surface area contributed by atoms with Gasteiger partial charge >= 0.3 is 11.9 Å². The molecule has 0 aromatic carbocycles. The largest absolute Gasteiger partial charge is 0.481 e. The quantitative estimate of drug-likeness (QED) is 0.0473. The molecule has 13 N–H and O–H groups in total. The first-order valence-corrected chi connectivity index (χ1v) is 12.6. The van der Waals surface area contributed by atoms with Crippen molar-refractivity contribution in [2.45, 2.75) is 62.7 Å². The van der Waals surface area contributed by atoms with E-state index in [1.54, 1.807) is 0 Å². The molecule has 0 saturated heterocycles. The SMILES string of the molecule is NC(N)=NCCCC(NC(=O)C(Cc1cnc[nH]1)NC(=O)C(Cc1cnc[nH]1)NC(=O)C(N)CCC(=O)O)C(=O)O. The Labute approximate surface area is 234 Å². The first-order valence-electron chi connectivity index (χ1n) is 12.6. The number of aromatic nitrogens is 4. The fourth-order valence-corrected chi connectivity index (χ4v) is 3.65. The van der Waals surface area contributed by atoms with Crippen LogP contribution in [0.1, 0.15) is 37.1 Å². The van der Waals surface area contributed by atoms with Crippen LogP contribution in [0, 0.1) is 0 Å². The highest BCUT2D eigenvalue weighted by Crippen LogP contribution is 2.06. The van der Waals surface area contributed by atoms with E-state index in [1.807, 2.05) is 0 Å². The van der Waals surface area contributed by atoms with Crippen molar-refractivity contribution in [3.05, 3.63) is 36.4 Å². The second-order valence-electron chi connectivity index (χ2n) is 9.07. The Morgan fingerprint density at radius 2 is 1.34 bits per heavy atom. The van der Waals surface area contributed by atoms with E-state index in [9.17, 15) is 29.1 Å². The van der Waals surface area contributed by atoms with Crippen molar-refractivity contribution in [1.29, 1.82) is 0 Å². The van der Waals surface area contributed by atoms with Crippen molar-refractivity contribution in [3.8, 4) is 0 Å². The van der Waals surface area contributed by atoms with Gasteiger partial charge in [-0.15, -0.1) is 0 Å². The van der Waals surface area contributed by atoms with E-state index in [2.05, 4.69) is 40.9 Å². The number of H-pyrrole nitrogens is 2. The molecule has 2 rings (SSSR count). The fraction of sp³-hybridized carbons (Fsp3) is 0.478. The van der Waals surface area contributed by atoms with Crippen LogP contribution in [-0.2, 0) is 36.8 Å². The van der Waals surface area contributed by atoms with Gasteiger partial charge in [-0.2, -0.15) is 0 Å². The van der Waals surface area contributed by atoms with Crippen LogP contribution >= 0.6 is 0 Å². The number of amides is 3. The van der Waals surface area contributed by atoms with Crippen molar-refractivity contribution < 1.29 is 34.2 Å². The van der Waals surface area contributed by atoms with Crippen LogP contribution in [-0.4, -0.2) is 96.5 Å². The lowest BCUT2D eigenvalue weighted by atomic mass is 10.1. The number of rotatable bonds is 18. The zero-order valence-corrected chi connectivity index (χ0v) is 22.1. The normalized spacial score (nSPS) is 13.7. The van der Waals surface area contributed by atoms with Crippen molar-refractivity contribution in [1.82, 2.24) is 35.9 Å². The highest BCUT2D eigenvalue weighted by molar-refractivity contribution is 5.94. The lowest BCUT2D eigenvalue weighted by molar-refractivity contribution is -0.142. The van der Waals surface area contributed by atoms with Gasteiger partial charge in [0.1, 0.15) is 18.1 Å². The Bertz CT molecular complexity index is 1180. The monoisotopic (exact) mass is 577 g/mol. The molecular formula is C23H35N11O7. The highest BCUT2D eigenvalue weighted by Gasteiger charge is 2.31. The number of nitrogens with one attached hydrogen (secondary N) is 5. The van der Waals surface area contributed by atoms with Crippen LogP contribution in [0.3, 0.4) is 0 Å². The lowest BCUT2D eigenvalue weighted by Crippen LogP contribution is -2.58. The van der Waals surface area contributed by atoms with Crippen LogP contribution in [0.5, 0.6) is 0 Å². The predicted octanol–water partition coefficient (Wildman–Crippen LogP) is -3.30. The van der Waals surface area contributed by atoms with Crippen molar-refractivity contribution in [2.75, 3.05) is 6.54 Å². The summed E-state index contributed by atoms with van der Waals surface area (Å²) in [5.74, 6) is -4.93. The van der Waals surface area contributed by atoms with E-state index in [-0.39, 0.29) is 51.0 Å². The smallest absolute Gasteiger partial charge is 0.326 e. The summed E-state index contributed by atoms with van der Waals surface area (Å²) in [6.07, 6.45) is 5.22. The molecule has 224 valence electrons. The van der Waals surface area contributed by atoms with Crippen LogP contribution in [0.15, 0.2) is 30.0 Å². The molecule has 18 nitrogen and oxygen atoms in total. The number of hydrogen-bond acceptors (Lipinski definition) is 9. The summed E-state index contributed by atoms with van der Waals surface area (Å²) in [5, 5.41) is 25.9. The van der Waals surface area contributed by atoms with Gasteiger partial charge in [0.2, 0.25) is 17.7 Å². The molecule has 0 fully saturated rings. The van der Waals surface area contributed by atoms with Gasteiger partial charge in [-0.3, -0.25) is 24.2 Å². The Morgan fingerprint density at radius 1 is 0.829 bits per heavy atom. The van der Waals surface area contributed by atoms with Crippen molar-refractivity contribution in [2.24, 2.45) is 22.2 Å².